The first kappa shape index (κ1) is 26.7. The number of nitrogens with one attached hydrogen (secondary N) is 1. The SMILES string of the molecule is Cc1cc(C(F)(F)F)cc2c3c(N)ncnc3n(CC(=O)N3C[C@](C)(F)C[C@@H]3C(=O)Nc3cncc(Br)n3)c12. The Morgan fingerprint density at radius 1 is 1.26 bits per heavy atom. The van der Waals surface area contributed by atoms with E-state index in [1.165, 1.54) is 30.8 Å². The normalized spacial score (nSPS) is 19.7. The molecule has 0 spiro atoms. The first-order valence-corrected chi connectivity index (χ1v) is 12.4. The molecule has 0 radical (unpaired) electrons. The molecule has 15 heteroatoms. The molecule has 5 rings (SSSR count). The van der Waals surface area contributed by atoms with Gasteiger partial charge in [-0.1, -0.05) is 0 Å². The Morgan fingerprint density at radius 2 is 2.00 bits per heavy atom. The predicted octanol–water partition coefficient (Wildman–Crippen LogP) is 4.01. The monoisotopic (exact) mass is 608 g/mol. The van der Waals surface area contributed by atoms with Gasteiger partial charge in [0.25, 0.3) is 0 Å². The minimum absolute atomic E-state index is 0.0557. The maximum atomic E-state index is 15.1. The molecule has 0 bridgehead atoms. The molecule has 1 fully saturated rings. The number of aryl methyl sites for hydroxylation is 1. The summed E-state index contributed by atoms with van der Waals surface area (Å²) < 4.78 is 57.6. The molecule has 10 nitrogen and oxygen atoms in total. The number of benzene rings is 1. The molecular formula is C24H21BrF4N8O2. The second kappa shape index (κ2) is 9.39. The Kier molecular flexibility index (Phi) is 6.44. The van der Waals surface area contributed by atoms with Crippen LogP contribution in [0.5, 0.6) is 0 Å². The Labute approximate surface area is 226 Å². The zero-order valence-electron chi connectivity index (χ0n) is 20.6. The van der Waals surface area contributed by atoms with Crippen LogP contribution in [0.15, 0.2) is 35.5 Å². The number of carbonyl (C=O) groups is 2. The largest absolute Gasteiger partial charge is 0.416 e. The van der Waals surface area contributed by atoms with Crippen LogP contribution in [0.1, 0.15) is 24.5 Å². The van der Waals surface area contributed by atoms with Crippen LogP contribution in [-0.4, -0.2) is 59.5 Å². The number of nitrogens with two attached hydrogens (primary N) is 1. The number of aromatic nitrogens is 5. The lowest BCUT2D eigenvalue weighted by Gasteiger charge is -2.24. The number of halogens is 5. The molecular weight excluding hydrogens is 588 g/mol. The number of amides is 2. The summed E-state index contributed by atoms with van der Waals surface area (Å²) in [5.74, 6) is -1.23. The average molecular weight is 609 g/mol. The first-order chi connectivity index (χ1) is 18.2. The molecule has 204 valence electrons. The molecule has 4 heterocycles. The van der Waals surface area contributed by atoms with Gasteiger partial charge < -0.3 is 20.5 Å². The molecule has 1 aliphatic heterocycles. The lowest BCUT2D eigenvalue weighted by Crippen LogP contribution is -2.44. The quantitative estimate of drug-likeness (QED) is 0.334. The zero-order chi connectivity index (χ0) is 28.3. The highest BCUT2D eigenvalue weighted by atomic mass is 79.9. The van der Waals surface area contributed by atoms with Crippen molar-refractivity contribution in [2.75, 3.05) is 17.6 Å². The van der Waals surface area contributed by atoms with Gasteiger partial charge in [0.2, 0.25) is 11.8 Å². The second-order valence-corrected chi connectivity index (χ2v) is 10.4. The van der Waals surface area contributed by atoms with E-state index in [2.05, 4.69) is 41.2 Å². The number of hydrogen-bond acceptors (Lipinski definition) is 7. The van der Waals surface area contributed by atoms with E-state index < -0.39 is 41.8 Å². The summed E-state index contributed by atoms with van der Waals surface area (Å²) in [6, 6.07) is 0.740. The van der Waals surface area contributed by atoms with Crippen molar-refractivity contribution in [1.82, 2.24) is 29.4 Å². The molecule has 39 heavy (non-hydrogen) atoms. The van der Waals surface area contributed by atoms with Crippen molar-refractivity contribution < 1.29 is 27.2 Å². The van der Waals surface area contributed by atoms with Crippen LogP contribution < -0.4 is 11.1 Å². The van der Waals surface area contributed by atoms with Gasteiger partial charge in [-0.15, -0.1) is 0 Å². The van der Waals surface area contributed by atoms with Crippen LogP contribution in [0.3, 0.4) is 0 Å². The summed E-state index contributed by atoms with van der Waals surface area (Å²) in [6.07, 6.45) is -1.02. The van der Waals surface area contributed by atoms with Gasteiger partial charge in [-0.05, 0) is 47.5 Å². The number of fused-ring (bicyclic) bond motifs is 3. The van der Waals surface area contributed by atoms with Crippen LogP contribution in [0, 0.1) is 6.92 Å². The van der Waals surface area contributed by atoms with E-state index in [1.54, 1.807) is 0 Å². The lowest BCUT2D eigenvalue weighted by atomic mass is 10.0. The lowest BCUT2D eigenvalue weighted by molar-refractivity contribution is -0.137. The fourth-order valence-electron chi connectivity index (χ4n) is 4.98. The Bertz CT molecular complexity index is 1640. The van der Waals surface area contributed by atoms with E-state index in [1.807, 2.05) is 0 Å². The van der Waals surface area contributed by atoms with E-state index in [9.17, 15) is 22.8 Å². The van der Waals surface area contributed by atoms with E-state index in [4.69, 9.17) is 5.73 Å². The predicted molar refractivity (Wildman–Crippen MR) is 137 cm³/mol. The van der Waals surface area contributed by atoms with Gasteiger partial charge in [0.05, 0.1) is 35.4 Å². The highest BCUT2D eigenvalue weighted by Crippen LogP contribution is 2.39. The summed E-state index contributed by atoms with van der Waals surface area (Å²) in [4.78, 5) is 43.9. The minimum Gasteiger partial charge on any atom is -0.383 e. The van der Waals surface area contributed by atoms with Crippen LogP contribution in [-0.2, 0) is 22.3 Å². The third-order valence-corrected chi connectivity index (χ3v) is 6.93. The molecule has 2 amide bonds. The number of nitrogen functional groups attached to an aromatic ring is 1. The van der Waals surface area contributed by atoms with E-state index in [0.717, 1.165) is 23.4 Å². The number of alkyl halides is 4. The van der Waals surface area contributed by atoms with Gasteiger partial charge in [-0.3, -0.25) is 14.6 Å². The van der Waals surface area contributed by atoms with Crippen molar-refractivity contribution in [2.24, 2.45) is 0 Å². The Hall–Kier alpha value is -3.88. The molecule has 0 unspecified atom stereocenters. The number of carbonyl (C=O) groups excluding carboxylic acids is 2. The van der Waals surface area contributed by atoms with Gasteiger partial charge in [0, 0.05) is 11.8 Å². The molecule has 4 aromatic rings. The molecule has 1 saturated heterocycles. The summed E-state index contributed by atoms with van der Waals surface area (Å²) in [5, 5.41) is 2.84. The topological polar surface area (TPSA) is 132 Å². The van der Waals surface area contributed by atoms with E-state index >= 15 is 4.39 Å². The zero-order valence-corrected chi connectivity index (χ0v) is 22.1. The third-order valence-electron chi connectivity index (χ3n) is 6.55. The highest BCUT2D eigenvalue weighted by molar-refractivity contribution is 9.10. The summed E-state index contributed by atoms with van der Waals surface area (Å²) in [7, 11) is 0. The van der Waals surface area contributed by atoms with Gasteiger partial charge in [-0.2, -0.15) is 13.2 Å². The van der Waals surface area contributed by atoms with Crippen molar-refractivity contribution in [3.05, 3.63) is 46.6 Å². The second-order valence-electron chi connectivity index (χ2n) is 9.60. The molecule has 0 aliphatic carbocycles. The van der Waals surface area contributed by atoms with Gasteiger partial charge >= 0.3 is 6.18 Å². The summed E-state index contributed by atoms with van der Waals surface area (Å²) in [5.41, 5.74) is 3.94. The smallest absolute Gasteiger partial charge is 0.383 e. The van der Waals surface area contributed by atoms with Crippen molar-refractivity contribution in [2.45, 2.75) is 44.7 Å². The highest BCUT2D eigenvalue weighted by Gasteiger charge is 2.47. The maximum Gasteiger partial charge on any atom is 0.416 e. The minimum atomic E-state index is -4.62. The molecule has 0 saturated carbocycles. The van der Waals surface area contributed by atoms with E-state index in [-0.39, 0.29) is 46.6 Å². The molecule has 3 aromatic heterocycles. The number of rotatable bonds is 4. The van der Waals surface area contributed by atoms with Gasteiger partial charge in [0.15, 0.2) is 5.82 Å². The van der Waals surface area contributed by atoms with Gasteiger partial charge in [0.1, 0.15) is 40.7 Å². The number of likely N-dealkylation sites (tertiary alicyclic amines) is 1. The Balaban J connectivity index is 1.54. The van der Waals surface area contributed by atoms with Crippen molar-refractivity contribution in [3.63, 3.8) is 0 Å². The third kappa shape index (κ3) is 4.97. The summed E-state index contributed by atoms with van der Waals surface area (Å²) in [6.45, 7) is 1.97. The summed E-state index contributed by atoms with van der Waals surface area (Å²) >= 11 is 3.15. The number of nitrogens with zero attached hydrogens (tertiary/aromatic N) is 6. The molecule has 2 atom stereocenters. The maximum absolute atomic E-state index is 15.1. The fourth-order valence-corrected chi connectivity index (χ4v) is 5.29. The van der Waals surface area contributed by atoms with Crippen molar-refractivity contribution >= 4 is 61.3 Å². The molecule has 1 aliphatic rings. The van der Waals surface area contributed by atoms with E-state index in [0.29, 0.717) is 10.1 Å². The molecule has 1 aromatic carbocycles. The average Bonchev–Trinajstić information content (AvgIpc) is 3.34. The number of hydrogen-bond donors (Lipinski definition) is 2. The van der Waals surface area contributed by atoms with Crippen molar-refractivity contribution in [3.8, 4) is 0 Å². The van der Waals surface area contributed by atoms with Crippen LogP contribution in [0.25, 0.3) is 21.9 Å². The standard InChI is InChI=1S/C24H21BrF4N8O2/c1-11-3-12(24(27,28)29)4-13-18-20(30)32-10-33-21(18)36(19(11)13)8-17(38)37-9-23(2,26)5-14(37)22(39)35-16-7-31-6-15(25)34-16/h3-4,6-7,10,14H,5,8-9H2,1-2H3,(H2,30,32,33)(H,34,35,39)/t14-,23-/m1/s1. The fraction of sp³-hybridized carbons (Fsp3) is 0.333. The molecule has 3 N–H and O–H groups in total. The number of anilines is 2. The van der Waals surface area contributed by atoms with Crippen LogP contribution >= 0.6 is 15.9 Å². The van der Waals surface area contributed by atoms with Gasteiger partial charge in [-0.25, -0.2) is 19.3 Å². The Morgan fingerprint density at radius 3 is 2.69 bits per heavy atom. The van der Waals surface area contributed by atoms with Crippen LogP contribution in [0.2, 0.25) is 0 Å². The van der Waals surface area contributed by atoms with Crippen molar-refractivity contribution in [1.29, 1.82) is 0 Å². The first-order valence-electron chi connectivity index (χ1n) is 11.6. The van der Waals surface area contributed by atoms with Crippen LogP contribution in [0.4, 0.5) is 29.2 Å².